The maximum Gasteiger partial charge on any atom is 0.0386 e. The predicted molar refractivity (Wildman–Crippen MR) is 54.1 cm³/mol. The summed E-state index contributed by atoms with van der Waals surface area (Å²) in [6.07, 6.45) is 0. The van der Waals surface area contributed by atoms with Crippen LogP contribution in [0.4, 0.5) is 5.69 Å². The number of rotatable bonds is 2. The molecule has 0 aromatic heterocycles. The molecule has 2 heteroatoms. The van der Waals surface area contributed by atoms with E-state index in [1.54, 1.807) is 7.05 Å². The summed E-state index contributed by atoms with van der Waals surface area (Å²) in [7, 11) is 3.72. The Morgan fingerprint density at radius 2 is 1.83 bits per heavy atom. The van der Waals surface area contributed by atoms with Gasteiger partial charge in [-0.15, -0.1) is 0 Å². The second-order valence-corrected chi connectivity index (χ2v) is 2.64. The second-order valence-electron chi connectivity index (χ2n) is 2.64. The first kappa shape index (κ1) is 8.78. The number of nitrogens with zero attached hydrogens (tertiary/aromatic N) is 1. The van der Waals surface area contributed by atoms with Gasteiger partial charge in [0.25, 0.3) is 0 Å². The van der Waals surface area contributed by atoms with E-state index in [0.717, 1.165) is 11.4 Å². The number of hydrogen-bond donors (Lipinski definition) is 1. The lowest BCUT2D eigenvalue weighted by molar-refractivity contribution is 1.41. The van der Waals surface area contributed by atoms with Gasteiger partial charge in [0, 0.05) is 25.5 Å². The first-order valence-electron chi connectivity index (χ1n) is 3.99. The topological polar surface area (TPSA) is 24.4 Å². The zero-order chi connectivity index (χ0) is 8.97. The van der Waals surface area contributed by atoms with E-state index in [0.29, 0.717) is 0 Å². The molecule has 1 aromatic rings. The molecule has 0 aliphatic carbocycles. The maximum atomic E-state index is 4.11. The van der Waals surface area contributed by atoms with Crippen molar-refractivity contribution in [3.05, 3.63) is 29.8 Å². The van der Waals surface area contributed by atoms with E-state index in [9.17, 15) is 0 Å². The van der Waals surface area contributed by atoms with Crippen LogP contribution in [0.3, 0.4) is 0 Å². The average molecular weight is 162 g/mol. The fraction of sp³-hybridized carbons (Fsp3) is 0.300. The van der Waals surface area contributed by atoms with Crippen molar-refractivity contribution < 1.29 is 0 Å². The number of anilines is 1. The Bertz CT molecular complexity index is 272. The minimum absolute atomic E-state index is 1.07. The van der Waals surface area contributed by atoms with E-state index < -0.39 is 0 Å². The third-order valence-electron chi connectivity index (χ3n) is 1.93. The van der Waals surface area contributed by atoms with Crippen molar-refractivity contribution >= 4 is 11.4 Å². The Morgan fingerprint density at radius 1 is 1.25 bits per heavy atom. The van der Waals surface area contributed by atoms with Gasteiger partial charge in [-0.3, -0.25) is 4.99 Å². The van der Waals surface area contributed by atoms with Gasteiger partial charge in [0.15, 0.2) is 0 Å². The summed E-state index contributed by atoms with van der Waals surface area (Å²) in [5.41, 5.74) is 3.37. The van der Waals surface area contributed by atoms with Crippen LogP contribution in [0.1, 0.15) is 12.5 Å². The van der Waals surface area contributed by atoms with E-state index >= 15 is 0 Å². The average Bonchev–Trinajstić information content (AvgIpc) is 2.17. The normalized spacial score (nSPS) is 11.4. The van der Waals surface area contributed by atoms with Gasteiger partial charge in [-0.1, -0.05) is 12.1 Å². The van der Waals surface area contributed by atoms with E-state index in [1.165, 1.54) is 5.56 Å². The molecule has 0 bridgehead atoms. The summed E-state index contributed by atoms with van der Waals surface area (Å²) in [5, 5.41) is 3.07. The Labute approximate surface area is 73.3 Å². The fourth-order valence-corrected chi connectivity index (χ4v) is 1.01. The van der Waals surface area contributed by atoms with Crippen LogP contribution < -0.4 is 5.32 Å². The lowest BCUT2D eigenvalue weighted by Gasteiger charge is -2.02. The molecule has 0 saturated carbocycles. The third kappa shape index (κ3) is 1.84. The highest BCUT2D eigenvalue weighted by Crippen LogP contribution is 2.08. The van der Waals surface area contributed by atoms with Gasteiger partial charge in [-0.25, -0.2) is 0 Å². The number of benzene rings is 1. The zero-order valence-corrected chi connectivity index (χ0v) is 7.76. The third-order valence-corrected chi connectivity index (χ3v) is 1.93. The van der Waals surface area contributed by atoms with Crippen molar-refractivity contribution in [2.75, 3.05) is 19.4 Å². The van der Waals surface area contributed by atoms with Crippen LogP contribution in [0, 0.1) is 0 Å². The first-order valence-corrected chi connectivity index (χ1v) is 3.99. The molecule has 0 radical (unpaired) electrons. The van der Waals surface area contributed by atoms with Gasteiger partial charge in [-0.05, 0) is 24.6 Å². The molecular weight excluding hydrogens is 148 g/mol. The summed E-state index contributed by atoms with van der Waals surface area (Å²) in [6, 6.07) is 8.22. The highest BCUT2D eigenvalue weighted by atomic mass is 14.8. The van der Waals surface area contributed by atoms with Crippen molar-refractivity contribution in [1.29, 1.82) is 0 Å². The molecule has 0 aliphatic heterocycles. The van der Waals surface area contributed by atoms with Crippen LogP contribution in [0.5, 0.6) is 0 Å². The smallest absolute Gasteiger partial charge is 0.0386 e. The summed E-state index contributed by atoms with van der Waals surface area (Å²) < 4.78 is 0. The molecule has 0 spiro atoms. The van der Waals surface area contributed by atoms with Crippen LogP contribution in [0.25, 0.3) is 0 Å². The Balaban J connectivity index is 2.92. The molecule has 0 saturated heterocycles. The maximum absolute atomic E-state index is 4.11. The molecule has 2 nitrogen and oxygen atoms in total. The molecule has 0 heterocycles. The first-order chi connectivity index (χ1) is 5.77. The van der Waals surface area contributed by atoms with Gasteiger partial charge in [0.1, 0.15) is 0 Å². The van der Waals surface area contributed by atoms with Gasteiger partial charge in [-0.2, -0.15) is 0 Å². The molecule has 64 valence electrons. The molecule has 1 N–H and O–H groups in total. The quantitative estimate of drug-likeness (QED) is 0.662. The minimum atomic E-state index is 1.07. The predicted octanol–water partition coefficient (Wildman–Crippen LogP) is 2.17. The summed E-state index contributed by atoms with van der Waals surface area (Å²) in [5.74, 6) is 0. The summed E-state index contributed by atoms with van der Waals surface area (Å²) >= 11 is 0. The lowest BCUT2D eigenvalue weighted by Crippen LogP contribution is -1.94. The molecule has 0 unspecified atom stereocenters. The van der Waals surface area contributed by atoms with Crippen LogP contribution >= 0.6 is 0 Å². The molecule has 1 aromatic carbocycles. The lowest BCUT2D eigenvalue weighted by atomic mass is 10.1. The SMILES string of the molecule is CN=C(C)c1ccc(NC)cc1. The van der Waals surface area contributed by atoms with Crippen molar-refractivity contribution in [2.24, 2.45) is 4.99 Å². The van der Waals surface area contributed by atoms with E-state index in [-0.39, 0.29) is 0 Å². The minimum Gasteiger partial charge on any atom is -0.388 e. The zero-order valence-electron chi connectivity index (χ0n) is 7.76. The monoisotopic (exact) mass is 162 g/mol. The van der Waals surface area contributed by atoms with E-state index in [2.05, 4.69) is 22.4 Å². The second kappa shape index (κ2) is 3.90. The van der Waals surface area contributed by atoms with Gasteiger partial charge in [0.2, 0.25) is 0 Å². The molecule has 0 amide bonds. The Morgan fingerprint density at radius 3 is 2.25 bits per heavy atom. The van der Waals surface area contributed by atoms with Crippen molar-refractivity contribution in [2.45, 2.75) is 6.92 Å². The van der Waals surface area contributed by atoms with Crippen LogP contribution in [-0.2, 0) is 0 Å². The van der Waals surface area contributed by atoms with Crippen molar-refractivity contribution in [1.82, 2.24) is 0 Å². The Kier molecular flexibility index (Phi) is 2.86. The number of nitrogens with one attached hydrogen (secondary N) is 1. The van der Waals surface area contributed by atoms with Crippen molar-refractivity contribution in [3.63, 3.8) is 0 Å². The van der Waals surface area contributed by atoms with Gasteiger partial charge in [0.05, 0.1) is 0 Å². The Hall–Kier alpha value is -1.31. The fourth-order valence-electron chi connectivity index (χ4n) is 1.01. The standard InChI is InChI=1S/C10H14N2/c1-8(11-2)9-4-6-10(12-3)7-5-9/h4-7,12H,1-3H3. The van der Waals surface area contributed by atoms with Gasteiger partial charge < -0.3 is 5.32 Å². The number of hydrogen-bond acceptors (Lipinski definition) is 2. The highest BCUT2D eigenvalue weighted by Gasteiger charge is 1.94. The molecule has 0 fully saturated rings. The number of aliphatic imine (C=N–C) groups is 1. The molecule has 0 aliphatic rings. The van der Waals surface area contributed by atoms with Crippen LogP contribution in [-0.4, -0.2) is 19.8 Å². The van der Waals surface area contributed by atoms with E-state index in [1.807, 2.05) is 26.1 Å². The van der Waals surface area contributed by atoms with Crippen LogP contribution in [0.2, 0.25) is 0 Å². The van der Waals surface area contributed by atoms with E-state index in [4.69, 9.17) is 0 Å². The molecular formula is C10H14N2. The van der Waals surface area contributed by atoms with Gasteiger partial charge >= 0.3 is 0 Å². The largest absolute Gasteiger partial charge is 0.388 e. The molecule has 0 atom stereocenters. The highest BCUT2D eigenvalue weighted by molar-refractivity contribution is 5.98. The molecule has 12 heavy (non-hydrogen) atoms. The summed E-state index contributed by atoms with van der Waals surface area (Å²) in [6.45, 7) is 2.01. The summed E-state index contributed by atoms with van der Waals surface area (Å²) in [4.78, 5) is 4.11. The van der Waals surface area contributed by atoms with Crippen LogP contribution in [0.15, 0.2) is 29.3 Å². The molecule has 1 rings (SSSR count). The van der Waals surface area contributed by atoms with Crippen molar-refractivity contribution in [3.8, 4) is 0 Å².